The molecule has 12 heteroatoms. The van der Waals surface area contributed by atoms with Crippen LogP contribution in [0, 0.1) is 0 Å². The molecule has 5 N–H and O–H groups in total. The summed E-state index contributed by atoms with van der Waals surface area (Å²) in [6.07, 6.45) is 2.81. The van der Waals surface area contributed by atoms with Gasteiger partial charge in [0.2, 0.25) is 20.0 Å². The van der Waals surface area contributed by atoms with Crippen molar-refractivity contribution in [1.29, 1.82) is 0 Å². The van der Waals surface area contributed by atoms with Crippen LogP contribution in [0.2, 0.25) is 0 Å². The number of halogens is 2. The summed E-state index contributed by atoms with van der Waals surface area (Å²) in [5.74, 6) is 0. The third kappa shape index (κ3) is 7.29. The lowest BCUT2D eigenvalue weighted by Gasteiger charge is -2.02. The molecule has 0 aliphatic carbocycles. The number of aliphatic imine (C=N–C) groups is 1. The first-order valence-corrected chi connectivity index (χ1v) is 10.4. The lowest BCUT2D eigenvalue weighted by Crippen LogP contribution is -2.11. The second-order valence-corrected chi connectivity index (χ2v) is 8.60. The molecule has 146 valence electrons. The van der Waals surface area contributed by atoms with Crippen LogP contribution in [0.15, 0.2) is 74.5 Å². The van der Waals surface area contributed by atoms with Gasteiger partial charge < -0.3 is 5.32 Å². The molecular formula is C15H16Cl2N4O4S2. The Hall–Kier alpha value is -1.95. The van der Waals surface area contributed by atoms with E-state index < -0.39 is 20.0 Å². The van der Waals surface area contributed by atoms with Gasteiger partial charge in [-0.25, -0.2) is 27.1 Å². The lowest BCUT2D eigenvalue weighted by molar-refractivity contribution is 0.596. The number of sulfonamides is 2. The van der Waals surface area contributed by atoms with Crippen LogP contribution < -0.4 is 15.6 Å². The number of benzene rings is 2. The van der Waals surface area contributed by atoms with Crippen LogP contribution in [0.5, 0.6) is 0 Å². The molecule has 0 radical (unpaired) electrons. The molecular weight excluding hydrogens is 435 g/mol. The number of nitrogens with two attached hydrogens (primary N) is 2. The number of primary sulfonamides is 2. The van der Waals surface area contributed by atoms with E-state index in [0.29, 0.717) is 11.4 Å². The summed E-state index contributed by atoms with van der Waals surface area (Å²) in [7, 11) is -7.49. The normalized spacial score (nSPS) is 12.6. The summed E-state index contributed by atoms with van der Waals surface area (Å²) in [5.41, 5.74) is 1.09. The van der Waals surface area contributed by atoms with E-state index in [1.54, 1.807) is 0 Å². The molecule has 0 spiro atoms. The highest BCUT2D eigenvalue weighted by Crippen LogP contribution is 2.16. The quantitative estimate of drug-likeness (QED) is 0.577. The van der Waals surface area contributed by atoms with Gasteiger partial charge >= 0.3 is 0 Å². The summed E-state index contributed by atoms with van der Waals surface area (Å²) >= 11 is 6.01. The summed E-state index contributed by atoms with van der Waals surface area (Å²) in [6.45, 7) is 0. The van der Waals surface area contributed by atoms with E-state index in [0.717, 1.165) is 0 Å². The maximum absolute atomic E-state index is 11.2. The molecule has 0 saturated carbocycles. The Morgan fingerprint density at radius 2 is 1.33 bits per heavy atom. The minimum atomic E-state index is -3.75. The third-order valence-electron chi connectivity index (χ3n) is 3.06. The molecule has 27 heavy (non-hydrogen) atoms. The fourth-order valence-corrected chi connectivity index (χ4v) is 2.92. The predicted octanol–water partition coefficient (Wildman–Crippen LogP) is 2.30. The summed E-state index contributed by atoms with van der Waals surface area (Å²) in [5, 5.41) is 13.2. The van der Waals surface area contributed by atoms with E-state index >= 15 is 0 Å². The first-order chi connectivity index (χ1) is 12.1. The van der Waals surface area contributed by atoms with Gasteiger partial charge in [-0.1, -0.05) is 11.6 Å². The standard InChI is InChI=1S/C15H15ClN4O4S2.ClH/c16-11(9-19-12-1-5-14(6-2-12)25(17,21)22)10-20-13-3-7-15(8-4-13)26(18,23)24;/h1-10,19H,(H2,17,21,22)(H2,18,23,24);1H/b11-9+,20-10?;. The Morgan fingerprint density at radius 3 is 1.78 bits per heavy atom. The minimum absolute atomic E-state index is 0. The van der Waals surface area contributed by atoms with Gasteiger partial charge in [-0.05, 0) is 48.5 Å². The zero-order chi connectivity index (χ0) is 19.4. The first kappa shape index (κ1) is 23.1. The van der Waals surface area contributed by atoms with Crippen molar-refractivity contribution in [2.24, 2.45) is 15.3 Å². The number of hydrogen-bond acceptors (Lipinski definition) is 6. The molecule has 0 aromatic heterocycles. The number of hydrogen-bond donors (Lipinski definition) is 3. The highest BCUT2D eigenvalue weighted by molar-refractivity contribution is 7.89. The van der Waals surface area contributed by atoms with Gasteiger partial charge in [-0.3, -0.25) is 4.99 Å². The van der Waals surface area contributed by atoms with Crippen LogP contribution in [-0.4, -0.2) is 23.1 Å². The molecule has 0 atom stereocenters. The fraction of sp³-hybridized carbons (Fsp3) is 0. The van der Waals surface area contributed by atoms with Gasteiger partial charge in [0.05, 0.1) is 20.5 Å². The van der Waals surface area contributed by atoms with E-state index in [-0.39, 0.29) is 27.2 Å². The molecule has 0 heterocycles. The summed E-state index contributed by atoms with van der Waals surface area (Å²) < 4.78 is 44.7. The Balaban J connectivity index is 0.00000364. The highest BCUT2D eigenvalue weighted by atomic mass is 35.5. The Labute approximate surface area is 168 Å². The van der Waals surface area contributed by atoms with Crippen molar-refractivity contribution in [3.63, 3.8) is 0 Å². The number of anilines is 1. The van der Waals surface area contributed by atoms with E-state index in [9.17, 15) is 16.8 Å². The maximum atomic E-state index is 11.2. The topological polar surface area (TPSA) is 145 Å². The van der Waals surface area contributed by atoms with Gasteiger partial charge in [0.1, 0.15) is 0 Å². The monoisotopic (exact) mass is 450 g/mol. The van der Waals surface area contributed by atoms with Crippen molar-refractivity contribution in [2.45, 2.75) is 9.79 Å². The first-order valence-electron chi connectivity index (χ1n) is 6.98. The number of nitrogens with one attached hydrogen (secondary N) is 1. The minimum Gasteiger partial charge on any atom is -0.360 e. The number of rotatable bonds is 6. The van der Waals surface area contributed by atoms with Crippen LogP contribution in [0.4, 0.5) is 11.4 Å². The van der Waals surface area contributed by atoms with E-state index in [4.69, 9.17) is 21.9 Å². The van der Waals surface area contributed by atoms with Crippen LogP contribution in [-0.2, 0) is 20.0 Å². The lowest BCUT2D eigenvalue weighted by atomic mass is 10.3. The van der Waals surface area contributed by atoms with Crippen molar-refractivity contribution in [1.82, 2.24) is 0 Å². The van der Waals surface area contributed by atoms with Crippen molar-refractivity contribution in [2.75, 3.05) is 5.32 Å². The molecule has 2 rings (SSSR count). The Bertz CT molecular complexity index is 1050. The van der Waals surface area contributed by atoms with Gasteiger partial charge in [0, 0.05) is 18.1 Å². The van der Waals surface area contributed by atoms with Gasteiger partial charge in [-0.2, -0.15) is 0 Å². The SMILES string of the molecule is Cl.NS(=O)(=O)c1ccc(N=C/C(Cl)=C\Nc2ccc(S(N)(=O)=O)cc2)cc1. The van der Waals surface area contributed by atoms with E-state index in [2.05, 4.69) is 10.3 Å². The van der Waals surface area contributed by atoms with Gasteiger partial charge in [0.15, 0.2) is 0 Å². The largest absolute Gasteiger partial charge is 0.360 e. The van der Waals surface area contributed by atoms with E-state index in [1.807, 2.05) is 0 Å². The molecule has 0 saturated heterocycles. The number of allylic oxidation sites excluding steroid dienone is 1. The molecule has 0 aliphatic heterocycles. The summed E-state index contributed by atoms with van der Waals surface area (Å²) in [6, 6.07) is 11.4. The maximum Gasteiger partial charge on any atom is 0.238 e. The second-order valence-electron chi connectivity index (χ2n) is 5.04. The van der Waals surface area contributed by atoms with Crippen LogP contribution in [0.3, 0.4) is 0 Å². The van der Waals surface area contributed by atoms with Crippen LogP contribution in [0.1, 0.15) is 0 Å². The van der Waals surface area contributed by atoms with Crippen LogP contribution in [0.25, 0.3) is 0 Å². The zero-order valence-electron chi connectivity index (χ0n) is 13.6. The van der Waals surface area contributed by atoms with Crippen molar-refractivity contribution in [3.8, 4) is 0 Å². The van der Waals surface area contributed by atoms with Crippen LogP contribution >= 0.6 is 24.0 Å². The molecule has 0 fully saturated rings. The molecule has 0 bridgehead atoms. The second kappa shape index (κ2) is 9.31. The average molecular weight is 451 g/mol. The fourth-order valence-electron chi connectivity index (χ4n) is 1.79. The number of nitrogens with zero attached hydrogens (tertiary/aromatic N) is 1. The third-order valence-corrected chi connectivity index (χ3v) is 5.13. The molecule has 2 aromatic rings. The summed E-state index contributed by atoms with van der Waals surface area (Å²) in [4.78, 5) is 4.08. The zero-order valence-corrected chi connectivity index (χ0v) is 16.8. The van der Waals surface area contributed by atoms with Gasteiger partial charge in [-0.15, -0.1) is 12.4 Å². The predicted molar refractivity (Wildman–Crippen MR) is 109 cm³/mol. The Kier molecular flexibility index (Phi) is 7.96. The molecule has 0 amide bonds. The smallest absolute Gasteiger partial charge is 0.238 e. The van der Waals surface area contributed by atoms with Crippen molar-refractivity contribution >= 4 is 61.6 Å². The van der Waals surface area contributed by atoms with Gasteiger partial charge in [0.25, 0.3) is 0 Å². The molecule has 8 nitrogen and oxygen atoms in total. The molecule has 0 unspecified atom stereocenters. The highest BCUT2D eigenvalue weighted by Gasteiger charge is 2.07. The van der Waals surface area contributed by atoms with E-state index in [1.165, 1.54) is 60.9 Å². The average Bonchev–Trinajstić information content (AvgIpc) is 2.57. The molecule has 0 aliphatic rings. The van der Waals surface area contributed by atoms with Crippen molar-refractivity contribution in [3.05, 3.63) is 59.8 Å². The van der Waals surface area contributed by atoms with Crippen molar-refractivity contribution < 1.29 is 16.8 Å². The Morgan fingerprint density at radius 1 is 0.889 bits per heavy atom. The molecule has 2 aromatic carbocycles.